The number of guanidine groups is 1. The quantitative estimate of drug-likeness (QED) is 0.217. The lowest BCUT2D eigenvalue weighted by Crippen LogP contribution is -2.50. The van der Waals surface area contributed by atoms with E-state index >= 15 is 0 Å². The summed E-state index contributed by atoms with van der Waals surface area (Å²) >= 11 is 0. The molecule has 1 amide bonds. The molecular weight excluding hydrogens is 515 g/mol. The molecule has 2 fully saturated rings. The molecule has 1 saturated carbocycles. The fourth-order valence-electron chi connectivity index (χ4n) is 4.71. The molecular formula is C24H49IN6O. The second kappa shape index (κ2) is 16.9. The predicted octanol–water partition coefficient (Wildman–Crippen LogP) is 3.00. The largest absolute Gasteiger partial charge is 0.357 e. The minimum absolute atomic E-state index is 0. The zero-order valence-corrected chi connectivity index (χ0v) is 23.4. The molecule has 2 aliphatic rings. The van der Waals surface area contributed by atoms with Crippen molar-refractivity contribution in [2.45, 2.75) is 72.3 Å². The van der Waals surface area contributed by atoms with Crippen molar-refractivity contribution in [2.75, 3.05) is 65.4 Å². The van der Waals surface area contributed by atoms with Crippen molar-refractivity contribution in [3.05, 3.63) is 0 Å². The molecule has 0 aromatic carbocycles. The fourth-order valence-corrected chi connectivity index (χ4v) is 4.71. The highest BCUT2D eigenvalue weighted by atomic mass is 127. The first-order valence-corrected chi connectivity index (χ1v) is 12.9. The SMILES string of the molecule is CCNC(=NCCN1CCN(C(=O)C2CCCC2)CC1)NC(C)CCCN(CC)CC.I. The third kappa shape index (κ3) is 10.5. The molecule has 2 N–H and O–H groups in total. The maximum absolute atomic E-state index is 12.6. The van der Waals surface area contributed by atoms with E-state index in [4.69, 9.17) is 4.99 Å². The summed E-state index contributed by atoms with van der Waals surface area (Å²) in [7, 11) is 0. The Balaban J connectivity index is 0.00000512. The van der Waals surface area contributed by atoms with Crippen molar-refractivity contribution in [1.82, 2.24) is 25.3 Å². The number of nitrogens with zero attached hydrogens (tertiary/aromatic N) is 4. The molecule has 1 aliphatic carbocycles. The van der Waals surface area contributed by atoms with Gasteiger partial charge in [0, 0.05) is 51.2 Å². The summed E-state index contributed by atoms with van der Waals surface area (Å²) in [6.07, 6.45) is 7.01. The van der Waals surface area contributed by atoms with Crippen LogP contribution in [0.1, 0.15) is 66.2 Å². The Bertz CT molecular complexity index is 529. The van der Waals surface area contributed by atoms with E-state index in [-0.39, 0.29) is 24.0 Å². The number of halogens is 1. The fraction of sp³-hybridized carbons (Fsp3) is 0.917. The van der Waals surface area contributed by atoms with E-state index in [1.807, 2.05) is 0 Å². The lowest BCUT2D eigenvalue weighted by atomic mass is 10.1. The van der Waals surface area contributed by atoms with Gasteiger partial charge in [-0.25, -0.2) is 0 Å². The summed E-state index contributed by atoms with van der Waals surface area (Å²) < 4.78 is 0. The first kappa shape index (κ1) is 29.4. The molecule has 1 unspecified atom stereocenters. The van der Waals surface area contributed by atoms with Crippen LogP contribution in [0, 0.1) is 5.92 Å². The van der Waals surface area contributed by atoms with Crippen molar-refractivity contribution in [1.29, 1.82) is 0 Å². The second-order valence-corrected chi connectivity index (χ2v) is 9.12. The number of piperazine rings is 1. The van der Waals surface area contributed by atoms with Gasteiger partial charge in [-0.05, 0) is 59.2 Å². The van der Waals surface area contributed by atoms with E-state index in [0.29, 0.717) is 17.9 Å². The molecule has 32 heavy (non-hydrogen) atoms. The van der Waals surface area contributed by atoms with Crippen LogP contribution < -0.4 is 10.6 Å². The zero-order chi connectivity index (χ0) is 22.5. The van der Waals surface area contributed by atoms with Crippen molar-refractivity contribution >= 4 is 35.8 Å². The molecule has 1 aliphatic heterocycles. The van der Waals surface area contributed by atoms with Gasteiger partial charge in [-0.2, -0.15) is 0 Å². The molecule has 7 nitrogen and oxygen atoms in total. The van der Waals surface area contributed by atoms with Gasteiger partial charge in [-0.3, -0.25) is 14.7 Å². The molecule has 1 saturated heterocycles. The monoisotopic (exact) mass is 564 g/mol. The Morgan fingerprint density at radius 3 is 2.34 bits per heavy atom. The van der Waals surface area contributed by atoms with Gasteiger partial charge in [0.25, 0.3) is 0 Å². The number of hydrogen-bond acceptors (Lipinski definition) is 4. The van der Waals surface area contributed by atoms with Crippen LogP contribution in [-0.4, -0.2) is 98.1 Å². The van der Waals surface area contributed by atoms with Gasteiger partial charge in [0.05, 0.1) is 6.54 Å². The Morgan fingerprint density at radius 1 is 1.09 bits per heavy atom. The van der Waals surface area contributed by atoms with Gasteiger partial charge in [0.15, 0.2) is 5.96 Å². The molecule has 1 heterocycles. The third-order valence-electron chi connectivity index (χ3n) is 6.81. The van der Waals surface area contributed by atoms with Gasteiger partial charge < -0.3 is 20.4 Å². The van der Waals surface area contributed by atoms with Crippen LogP contribution in [0.5, 0.6) is 0 Å². The summed E-state index contributed by atoms with van der Waals surface area (Å²) in [5.41, 5.74) is 0. The Kier molecular flexibility index (Phi) is 15.6. The predicted molar refractivity (Wildman–Crippen MR) is 146 cm³/mol. The summed E-state index contributed by atoms with van der Waals surface area (Å²) in [4.78, 5) is 24.4. The van der Waals surface area contributed by atoms with E-state index < -0.39 is 0 Å². The number of rotatable bonds is 12. The second-order valence-electron chi connectivity index (χ2n) is 9.12. The van der Waals surface area contributed by atoms with Crippen molar-refractivity contribution in [2.24, 2.45) is 10.9 Å². The molecule has 0 bridgehead atoms. The summed E-state index contributed by atoms with van der Waals surface area (Å²) in [6, 6.07) is 0.415. The first-order valence-electron chi connectivity index (χ1n) is 12.9. The third-order valence-corrected chi connectivity index (χ3v) is 6.81. The number of nitrogens with one attached hydrogen (secondary N) is 2. The van der Waals surface area contributed by atoms with Crippen molar-refractivity contribution in [3.8, 4) is 0 Å². The van der Waals surface area contributed by atoms with Crippen LogP contribution in [-0.2, 0) is 4.79 Å². The summed E-state index contributed by atoms with van der Waals surface area (Å²) in [5.74, 6) is 1.63. The van der Waals surface area contributed by atoms with E-state index in [1.54, 1.807) is 0 Å². The smallest absolute Gasteiger partial charge is 0.225 e. The molecule has 0 aromatic heterocycles. The normalized spacial score (nSPS) is 19.2. The standard InChI is InChI=1S/C24H48N6O.HI/c1-5-25-24(27-21(4)11-10-15-28(6-2)7-3)26-14-16-29-17-19-30(20-18-29)23(31)22-12-8-9-13-22;/h21-22H,5-20H2,1-4H3,(H2,25,26,27);1H. The topological polar surface area (TPSA) is 63.2 Å². The average molecular weight is 565 g/mol. The van der Waals surface area contributed by atoms with Gasteiger partial charge in [-0.15, -0.1) is 24.0 Å². The van der Waals surface area contributed by atoms with Gasteiger partial charge in [0.1, 0.15) is 0 Å². The Labute approximate surface area is 214 Å². The van der Waals surface area contributed by atoms with E-state index in [0.717, 1.165) is 84.1 Å². The zero-order valence-electron chi connectivity index (χ0n) is 21.1. The number of amides is 1. The molecule has 0 spiro atoms. The Morgan fingerprint density at radius 2 is 1.75 bits per heavy atom. The molecule has 0 aromatic rings. The van der Waals surface area contributed by atoms with E-state index in [2.05, 4.69) is 53.0 Å². The lowest BCUT2D eigenvalue weighted by molar-refractivity contribution is -0.137. The highest BCUT2D eigenvalue weighted by Gasteiger charge is 2.29. The van der Waals surface area contributed by atoms with E-state index in [9.17, 15) is 4.79 Å². The summed E-state index contributed by atoms with van der Waals surface area (Å²) in [6.45, 7) is 18.6. The number of carbonyl (C=O) groups is 1. The maximum atomic E-state index is 12.6. The summed E-state index contributed by atoms with van der Waals surface area (Å²) in [5, 5.41) is 6.95. The molecule has 1 atom stereocenters. The van der Waals surface area contributed by atoms with Crippen LogP contribution in [0.2, 0.25) is 0 Å². The molecule has 2 rings (SSSR count). The van der Waals surface area contributed by atoms with Crippen LogP contribution in [0.15, 0.2) is 4.99 Å². The number of hydrogen-bond donors (Lipinski definition) is 2. The highest BCUT2D eigenvalue weighted by Crippen LogP contribution is 2.26. The first-order chi connectivity index (χ1) is 15.1. The molecule has 0 radical (unpaired) electrons. The minimum atomic E-state index is 0. The molecule has 8 heteroatoms. The van der Waals surface area contributed by atoms with Gasteiger partial charge in [-0.1, -0.05) is 26.7 Å². The van der Waals surface area contributed by atoms with E-state index in [1.165, 1.54) is 25.8 Å². The van der Waals surface area contributed by atoms with Crippen LogP contribution in [0.3, 0.4) is 0 Å². The van der Waals surface area contributed by atoms with Crippen molar-refractivity contribution < 1.29 is 4.79 Å². The number of aliphatic imine (C=N–C) groups is 1. The maximum Gasteiger partial charge on any atom is 0.225 e. The minimum Gasteiger partial charge on any atom is -0.357 e. The lowest BCUT2D eigenvalue weighted by Gasteiger charge is -2.35. The Hall–Kier alpha value is -0.610. The van der Waals surface area contributed by atoms with Crippen LogP contribution >= 0.6 is 24.0 Å². The highest BCUT2D eigenvalue weighted by molar-refractivity contribution is 14.0. The molecule has 188 valence electrons. The van der Waals surface area contributed by atoms with Gasteiger partial charge in [0.2, 0.25) is 5.91 Å². The van der Waals surface area contributed by atoms with Crippen LogP contribution in [0.25, 0.3) is 0 Å². The van der Waals surface area contributed by atoms with Crippen molar-refractivity contribution in [3.63, 3.8) is 0 Å². The number of carbonyl (C=O) groups excluding carboxylic acids is 1. The van der Waals surface area contributed by atoms with Crippen LogP contribution in [0.4, 0.5) is 0 Å². The van der Waals surface area contributed by atoms with Gasteiger partial charge >= 0.3 is 0 Å². The average Bonchev–Trinajstić information content (AvgIpc) is 3.32.